The summed E-state index contributed by atoms with van der Waals surface area (Å²) < 4.78 is 4.66. The lowest BCUT2D eigenvalue weighted by atomic mass is 10.0. The third-order valence-corrected chi connectivity index (χ3v) is 3.09. The molecule has 0 amide bonds. The van der Waals surface area contributed by atoms with Gasteiger partial charge in [-0.3, -0.25) is 4.79 Å². The molecule has 17 heavy (non-hydrogen) atoms. The SMILES string of the molecule is COC(=O)c1ccc(C(=O)CCCl)cc1CBr. The molecule has 1 aromatic rings. The molecule has 0 heterocycles. The molecule has 0 aliphatic heterocycles. The number of ketones is 1. The van der Waals surface area contributed by atoms with Gasteiger partial charge in [0.1, 0.15) is 0 Å². The van der Waals surface area contributed by atoms with Crippen molar-refractivity contribution in [1.29, 1.82) is 0 Å². The third kappa shape index (κ3) is 3.54. The van der Waals surface area contributed by atoms with Crippen molar-refractivity contribution in [3.8, 4) is 0 Å². The molecular formula is C12H12BrClO3. The van der Waals surface area contributed by atoms with Crippen molar-refractivity contribution in [3.05, 3.63) is 34.9 Å². The minimum atomic E-state index is -0.407. The van der Waals surface area contributed by atoms with Crippen LogP contribution < -0.4 is 0 Å². The highest BCUT2D eigenvalue weighted by atomic mass is 79.9. The van der Waals surface area contributed by atoms with Gasteiger partial charge in [-0.25, -0.2) is 4.79 Å². The fourth-order valence-electron chi connectivity index (χ4n) is 1.42. The summed E-state index contributed by atoms with van der Waals surface area (Å²) in [6.45, 7) is 0. The first-order chi connectivity index (χ1) is 8.13. The molecule has 0 saturated heterocycles. The second-order valence-corrected chi connectivity index (χ2v) is 4.30. The van der Waals surface area contributed by atoms with Crippen molar-refractivity contribution >= 4 is 39.3 Å². The maximum atomic E-state index is 11.6. The van der Waals surface area contributed by atoms with E-state index >= 15 is 0 Å². The number of rotatable bonds is 5. The van der Waals surface area contributed by atoms with E-state index < -0.39 is 5.97 Å². The molecule has 0 unspecified atom stereocenters. The van der Waals surface area contributed by atoms with Crippen LogP contribution >= 0.6 is 27.5 Å². The average molecular weight is 320 g/mol. The summed E-state index contributed by atoms with van der Waals surface area (Å²) in [5.74, 6) is -0.143. The summed E-state index contributed by atoms with van der Waals surface area (Å²) in [5, 5.41) is 0.486. The zero-order valence-electron chi connectivity index (χ0n) is 9.33. The molecule has 0 N–H and O–H groups in total. The van der Waals surface area contributed by atoms with E-state index in [1.54, 1.807) is 18.2 Å². The summed E-state index contributed by atoms with van der Waals surface area (Å²) in [6, 6.07) is 4.91. The summed E-state index contributed by atoms with van der Waals surface area (Å²) in [7, 11) is 1.33. The number of carbonyl (C=O) groups is 2. The van der Waals surface area contributed by atoms with E-state index in [0.717, 1.165) is 5.56 Å². The van der Waals surface area contributed by atoms with Crippen molar-refractivity contribution in [1.82, 2.24) is 0 Å². The summed E-state index contributed by atoms with van der Waals surface area (Å²) >= 11 is 8.80. The van der Waals surface area contributed by atoms with Gasteiger partial charge in [0.25, 0.3) is 0 Å². The highest BCUT2D eigenvalue weighted by Crippen LogP contribution is 2.17. The Hall–Kier alpha value is -0.870. The van der Waals surface area contributed by atoms with Gasteiger partial charge in [0.05, 0.1) is 12.7 Å². The summed E-state index contributed by atoms with van der Waals surface area (Å²) in [6.07, 6.45) is 0.293. The normalized spacial score (nSPS) is 10.1. The van der Waals surface area contributed by atoms with E-state index in [4.69, 9.17) is 11.6 Å². The minimum absolute atomic E-state index is 0.0291. The second kappa shape index (κ2) is 6.77. The maximum Gasteiger partial charge on any atom is 0.338 e. The Kier molecular flexibility index (Phi) is 5.65. The number of hydrogen-bond donors (Lipinski definition) is 0. The Morgan fingerprint density at radius 3 is 2.65 bits per heavy atom. The van der Waals surface area contributed by atoms with Gasteiger partial charge in [0, 0.05) is 23.2 Å². The molecule has 0 fully saturated rings. The number of hydrogen-bond acceptors (Lipinski definition) is 3. The first-order valence-electron chi connectivity index (χ1n) is 5.00. The van der Waals surface area contributed by atoms with Crippen molar-refractivity contribution in [2.45, 2.75) is 11.8 Å². The molecule has 0 spiro atoms. The average Bonchev–Trinajstić information content (AvgIpc) is 2.37. The molecule has 0 saturated carbocycles. The smallest absolute Gasteiger partial charge is 0.338 e. The van der Waals surface area contributed by atoms with Gasteiger partial charge in [-0.05, 0) is 17.7 Å². The van der Waals surface area contributed by atoms with E-state index in [9.17, 15) is 9.59 Å². The number of benzene rings is 1. The van der Waals surface area contributed by atoms with Gasteiger partial charge in [0.15, 0.2) is 5.78 Å². The number of ether oxygens (including phenoxy) is 1. The van der Waals surface area contributed by atoms with Crippen molar-refractivity contribution < 1.29 is 14.3 Å². The van der Waals surface area contributed by atoms with Gasteiger partial charge >= 0.3 is 5.97 Å². The van der Waals surface area contributed by atoms with Crippen LogP contribution in [0, 0.1) is 0 Å². The molecule has 0 aliphatic rings. The van der Waals surface area contributed by atoms with Crippen LogP contribution in [-0.2, 0) is 10.1 Å². The molecule has 5 heteroatoms. The predicted molar refractivity (Wildman–Crippen MR) is 70.1 cm³/mol. The van der Waals surface area contributed by atoms with Crippen LogP contribution in [0.5, 0.6) is 0 Å². The van der Waals surface area contributed by atoms with Crippen molar-refractivity contribution in [3.63, 3.8) is 0 Å². The van der Waals surface area contributed by atoms with E-state index in [-0.39, 0.29) is 5.78 Å². The number of alkyl halides is 2. The monoisotopic (exact) mass is 318 g/mol. The fourth-order valence-corrected chi connectivity index (χ4v) is 2.05. The Bertz CT molecular complexity index is 432. The molecule has 3 nitrogen and oxygen atoms in total. The minimum Gasteiger partial charge on any atom is -0.465 e. The number of Topliss-reactive ketones (excluding diaryl/α,β-unsaturated/α-hetero) is 1. The van der Waals surface area contributed by atoms with Gasteiger partial charge < -0.3 is 4.74 Å². The molecule has 0 radical (unpaired) electrons. The van der Waals surface area contributed by atoms with E-state index in [0.29, 0.717) is 28.8 Å². The van der Waals surface area contributed by atoms with Gasteiger partial charge in [-0.1, -0.05) is 22.0 Å². The highest BCUT2D eigenvalue weighted by Gasteiger charge is 2.14. The Morgan fingerprint density at radius 1 is 1.41 bits per heavy atom. The molecule has 0 bridgehead atoms. The van der Waals surface area contributed by atoms with Crippen molar-refractivity contribution in [2.24, 2.45) is 0 Å². The van der Waals surface area contributed by atoms with Crippen LogP contribution in [0.3, 0.4) is 0 Å². The topological polar surface area (TPSA) is 43.4 Å². The first-order valence-corrected chi connectivity index (χ1v) is 6.66. The number of esters is 1. The fraction of sp³-hybridized carbons (Fsp3) is 0.333. The first kappa shape index (κ1) is 14.2. The summed E-state index contributed by atoms with van der Waals surface area (Å²) in [4.78, 5) is 23.1. The standard InChI is InChI=1S/C12H12BrClO3/c1-17-12(16)10-3-2-8(6-9(10)7-13)11(15)4-5-14/h2-3,6H,4-5,7H2,1H3. The zero-order valence-corrected chi connectivity index (χ0v) is 11.7. The largest absolute Gasteiger partial charge is 0.465 e. The Morgan fingerprint density at radius 2 is 2.12 bits per heavy atom. The quantitative estimate of drug-likeness (QED) is 0.475. The summed E-state index contributed by atoms with van der Waals surface area (Å²) in [5.41, 5.74) is 1.76. The van der Waals surface area contributed by atoms with Crippen LogP contribution in [0.15, 0.2) is 18.2 Å². The van der Waals surface area contributed by atoms with Crippen LogP contribution in [0.4, 0.5) is 0 Å². The van der Waals surface area contributed by atoms with E-state index in [1.165, 1.54) is 7.11 Å². The molecule has 1 rings (SSSR count). The zero-order chi connectivity index (χ0) is 12.8. The lowest BCUT2D eigenvalue weighted by Crippen LogP contribution is -2.07. The number of methoxy groups -OCH3 is 1. The molecule has 0 aromatic heterocycles. The predicted octanol–water partition coefficient (Wildman–Crippen LogP) is 3.18. The van der Waals surface area contributed by atoms with Gasteiger partial charge in [-0.15, -0.1) is 11.6 Å². The van der Waals surface area contributed by atoms with E-state index in [2.05, 4.69) is 20.7 Å². The highest BCUT2D eigenvalue weighted by molar-refractivity contribution is 9.08. The number of halogens is 2. The number of carbonyl (C=O) groups excluding carboxylic acids is 2. The molecule has 0 aliphatic carbocycles. The lowest BCUT2D eigenvalue weighted by Gasteiger charge is -2.07. The van der Waals surface area contributed by atoms with Crippen LogP contribution in [0.2, 0.25) is 0 Å². The van der Waals surface area contributed by atoms with Gasteiger partial charge in [0.2, 0.25) is 0 Å². The van der Waals surface area contributed by atoms with Crippen LogP contribution in [0.1, 0.15) is 32.7 Å². The second-order valence-electron chi connectivity index (χ2n) is 3.36. The van der Waals surface area contributed by atoms with Crippen molar-refractivity contribution in [2.75, 3.05) is 13.0 Å². The molecule has 0 atom stereocenters. The third-order valence-electron chi connectivity index (χ3n) is 2.30. The Balaban J connectivity index is 3.08. The molecular weight excluding hydrogens is 307 g/mol. The van der Waals surface area contributed by atoms with Crippen LogP contribution in [0.25, 0.3) is 0 Å². The molecule has 1 aromatic carbocycles. The van der Waals surface area contributed by atoms with Gasteiger partial charge in [-0.2, -0.15) is 0 Å². The van der Waals surface area contributed by atoms with Crippen LogP contribution in [-0.4, -0.2) is 24.7 Å². The lowest BCUT2D eigenvalue weighted by molar-refractivity contribution is 0.0599. The Labute approximate surface area is 113 Å². The maximum absolute atomic E-state index is 11.6. The molecule has 92 valence electrons. The van der Waals surface area contributed by atoms with E-state index in [1.807, 2.05) is 0 Å².